The van der Waals surface area contributed by atoms with Gasteiger partial charge < -0.3 is 14.8 Å². The van der Waals surface area contributed by atoms with Gasteiger partial charge in [-0.05, 0) is 53.4 Å². The number of ether oxygens (including phenoxy) is 2. The lowest BCUT2D eigenvalue weighted by atomic mass is 9.98. The van der Waals surface area contributed by atoms with E-state index in [2.05, 4.69) is 5.32 Å². The number of fused-ring (bicyclic) bond motifs is 1. The van der Waals surface area contributed by atoms with Crippen LogP contribution in [0.25, 0.3) is 10.8 Å². The number of carbonyl (C=O) groups is 1. The molecule has 4 rings (SSSR count). The number of rotatable bonds is 7. The molecule has 0 radical (unpaired) electrons. The van der Waals surface area contributed by atoms with Crippen LogP contribution >= 0.6 is 0 Å². The van der Waals surface area contributed by atoms with Crippen LogP contribution in [0.2, 0.25) is 0 Å². The summed E-state index contributed by atoms with van der Waals surface area (Å²) < 4.78 is 38.5. The van der Waals surface area contributed by atoms with Crippen LogP contribution < -0.4 is 14.8 Å². The van der Waals surface area contributed by atoms with E-state index in [1.165, 1.54) is 4.31 Å². The van der Waals surface area contributed by atoms with E-state index in [-0.39, 0.29) is 17.3 Å². The van der Waals surface area contributed by atoms with Gasteiger partial charge >= 0.3 is 0 Å². The average molecular weight is 469 g/mol. The molecular weight excluding hydrogens is 440 g/mol. The van der Waals surface area contributed by atoms with Crippen molar-refractivity contribution in [2.45, 2.75) is 24.3 Å². The maximum atomic E-state index is 13.3. The minimum absolute atomic E-state index is 0.150. The van der Waals surface area contributed by atoms with Crippen molar-refractivity contribution in [3.05, 3.63) is 66.2 Å². The molecule has 1 atom stereocenters. The number of piperidine rings is 1. The van der Waals surface area contributed by atoms with Gasteiger partial charge in [-0.25, -0.2) is 8.42 Å². The molecule has 33 heavy (non-hydrogen) atoms. The van der Waals surface area contributed by atoms with Gasteiger partial charge in [0.1, 0.15) is 0 Å². The predicted octanol–water partition coefficient (Wildman–Crippen LogP) is 3.57. The van der Waals surface area contributed by atoms with Crippen LogP contribution in [-0.2, 0) is 21.4 Å². The molecule has 3 aromatic rings. The Morgan fingerprint density at radius 3 is 2.52 bits per heavy atom. The highest BCUT2D eigenvalue weighted by Crippen LogP contribution is 2.28. The topological polar surface area (TPSA) is 84.9 Å². The van der Waals surface area contributed by atoms with Gasteiger partial charge in [-0.15, -0.1) is 0 Å². The van der Waals surface area contributed by atoms with Crippen molar-refractivity contribution in [1.82, 2.24) is 9.62 Å². The molecule has 3 aromatic carbocycles. The third-order valence-electron chi connectivity index (χ3n) is 6.03. The number of hydrogen-bond donors (Lipinski definition) is 1. The second-order valence-electron chi connectivity index (χ2n) is 8.12. The second kappa shape index (κ2) is 9.80. The summed E-state index contributed by atoms with van der Waals surface area (Å²) in [5.74, 6) is 0.668. The van der Waals surface area contributed by atoms with Crippen molar-refractivity contribution in [3.63, 3.8) is 0 Å². The van der Waals surface area contributed by atoms with Gasteiger partial charge in [-0.3, -0.25) is 4.79 Å². The molecule has 1 N–H and O–H groups in total. The van der Waals surface area contributed by atoms with Crippen molar-refractivity contribution in [2.24, 2.45) is 5.92 Å². The Bertz CT molecular complexity index is 1260. The monoisotopic (exact) mass is 468 g/mol. The van der Waals surface area contributed by atoms with Crippen LogP contribution in [0.15, 0.2) is 65.6 Å². The number of nitrogens with one attached hydrogen (secondary N) is 1. The molecule has 1 aliphatic heterocycles. The van der Waals surface area contributed by atoms with Gasteiger partial charge in [-0.2, -0.15) is 4.31 Å². The normalized spacial score (nSPS) is 17.0. The smallest absolute Gasteiger partial charge is 0.243 e. The molecule has 1 heterocycles. The lowest BCUT2D eigenvalue weighted by Gasteiger charge is -2.31. The summed E-state index contributed by atoms with van der Waals surface area (Å²) in [6.07, 6.45) is 1.29. The molecule has 1 amide bonds. The quantitative estimate of drug-likeness (QED) is 0.573. The average Bonchev–Trinajstić information content (AvgIpc) is 2.86. The van der Waals surface area contributed by atoms with E-state index in [1.807, 2.05) is 42.5 Å². The zero-order chi connectivity index (χ0) is 23.4. The number of methoxy groups -OCH3 is 2. The number of amides is 1. The van der Waals surface area contributed by atoms with E-state index >= 15 is 0 Å². The maximum absolute atomic E-state index is 13.3. The van der Waals surface area contributed by atoms with Crippen molar-refractivity contribution in [2.75, 3.05) is 27.3 Å². The largest absolute Gasteiger partial charge is 0.493 e. The molecule has 0 aliphatic carbocycles. The summed E-state index contributed by atoms with van der Waals surface area (Å²) in [5, 5.41) is 4.80. The fourth-order valence-corrected chi connectivity index (χ4v) is 5.74. The first-order valence-corrected chi connectivity index (χ1v) is 12.3. The van der Waals surface area contributed by atoms with E-state index in [0.717, 1.165) is 16.3 Å². The Morgan fingerprint density at radius 2 is 1.76 bits per heavy atom. The number of sulfonamides is 1. The lowest BCUT2D eigenvalue weighted by molar-refractivity contribution is -0.126. The van der Waals surface area contributed by atoms with Gasteiger partial charge in [0, 0.05) is 19.6 Å². The molecule has 8 heteroatoms. The third kappa shape index (κ3) is 4.96. The molecule has 1 saturated heterocycles. The molecule has 0 saturated carbocycles. The van der Waals surface area contributed by atoms with Crippen molar-refractivity contribution in [3.8, 4) is 11.5 Å². The second-order valence-corrected chi connectivity index (χ2v) is 10.1. The van der Waals surface area contributed by atoms with Crippen molar-refractivity contribution >= 4 is 26.7 Å². The number of hydrogen-bond acceptors (Lipinski definition) is 5. The molecule has 1 aliphatic rings. The fourth-order valence-electron chi connectivity index (χ4n) is 4.18. The Hall–Kier alpha value is -3.10. The summed E-state index contributed by atoms with van der Waals surface area (Å²) in [6.45, 7) is 0.911. The predicted molar refractivity (Wildman–Crippen MR) is 127 cm³/mol. The van der Waals surface area contributed by atoms with Crippen LogP contribution in [0.3, 0.4) is 0 Å². The molecule has 0 unspecified atom stereocenters. The number of carbonyl (C=O) groups excluding carboxylic acids is 1. The minimum Gasteiger partial charge on any atom is -0.493 e. The Morgan fingerprint density at radius 1 is 1.00 bits per heavy atom. The van der Waals surface area contributed by atoms with E-state index in [9.17, 15) is 13.2 Å². The van der Waals surface area contributed by atoms with Gasteiger partial charge in [0.25, 0.3) is 0 Å². The molecule has 0 spiro atoms. The zero-order valence-electron chi connectivity index (χ0n) is 18.8. The van der Waals surface area contributed by atoms with Gasteiger partial charge in [-0.1, -0.05) is 36.4 Å². The molecule has 7 nitrogen and oxygen atoms in total. The Labute approximate surface area is 194 Å². The number of nitrogens with zero attached hydrogens (tertiary/aromatic N) is 1. The summed E-state index contributed by atoms with van der Waals surface area (Å²) in [6, 6.07) is 18.3. The highest BCUT2D eigenvalue weighted by atomic mass is 32.2. The summed E-state index contributed by atoms with van der Waals surface area (Å²) in [5.41, 5.74) is 0.873. The van der Waals surface area contributed by atoms with Gasteiger partial charge in [0.05, 0.1) is 25.0 Å². The highest BCUT2D eigenvalue weighted by molar-refractivity contribution is 7.89. The van der Waals surface area contributed by atoms with Crippen molar-refractivity contribution < 1.29 is 22.7 Å². The molecule has 1 fully saturated rings. The van der Waals surface area contributed by atoms with Crippen LogP contribution in [0.4, 0.5) is 0 Å². The zero-order valence-corrected chi connectivity index (χ0v) is 19.6. The van der Waals surface area contributed by atoms with Crippen LogP contribution in [0, 0.1) is 5.92 Å². The molecular formula is C25H28N2O5S. The van der Waals surface area contributed by atoms with E-state index in [0.29, 0.717) is 37.4 Å². The first kappa shape index (κ1) is 23.1. The van der Waals surface area contributed by atoms with Crippen LogP contribution in [0.1, 0.15) is 18.4 Å². The molecule has 0 bridgehead atoms. The highest BCUT2D eigenvalue weighted by Gasteiger charge is 2.33. The first-order valence-electron chi connectivity index (χ1n) is 10.9. The number of benzene rings is 3. The third-order valence-corrected chi connectivity index (χ3v) is 7.89. The van der Waals surface area contributed by atoms with Crippen LogP contribution in [0.5, 0.6) is 11.5 Å². The maximum Gasteiger partial charge on any atom is 0.243 e. The van der Waals surface area contributed by atoms with E-state index < -0.39 is 15.9 Å². The van der Waals surface area contributed by atoms with E-state index in [4.69, 9.17) is 9.47 Å². The van der Waals surface area contributed by atoms with Crippen LogP contribution in [-0.4, -0.2) is 45.9 Å². The first-order chi connectivity index (χ1) is 15.9. The lowest BCUT2D eigenvalue weighted by Crippen LogP contribution is -2.45. The summed E-state index contributed by atoms with van der Waals surface area (Å²) in [7, 11) is -0.549. The molecule has 174 valence electrons. The van der Waals surface area contributed by atoms with E-state index in [1.54, 1.807) is 32.4 Å². The van der Waals surface area contributed by atoms with Gasteiger partial charge in [0.15, 0.2) is 11.5 Å². The molecule has 0 aromatic heterocycles. The Balaban J connectivity index is 1.43. The SMILES string of the molecule is COc1ccc(CNC(=O)[C@H]2CCCN(S(=O)(=O)c3ccc4ccccc4c3)C2)cc1OC. The Kier molecular flexibility index (Phi) is 6.85. The fraction of sp³-hybridized carbons (Fsp3) is 0.320. The summed E-state index contributed by atoms with van der Waals surface area (Å²) in [4.78, 5) is 13.1. The van der Waals surface area contributed by atoms with Gasteiger partial charge in [0.2, 0.25) is 15.9 Å². The minimum atomic E-state index is -3.68. The summed E-state index contributed by atoms with van der Waals surface area (Å²) >= 11 is 0. The van der Waals surface area contributed by atoms with Crippen molar-refractivity contribution in [1.29, 1.82) is 0 Å². The standard InChI is InChI=1S/C25H28N2O5S/c1-31-23-12-9-18(14-24(23)32-2)16-26-25(28)21-8-5-13-27(17-21)33(29,30)22-11-10-19-6-3-4-7-20(19)15-22/h3-4,6-7,9-12,14-15,21H,5,8,13,16-17H2,1-2H3,(H,26,28)/t21-/m0/s1.